The minimum Gasteiger partial charge on any atom is -0.454 e. The van der Waals surface area contributed by atoms with Gasteiger partial charge in [-0.25, -0.2) is 0 Å². The largest absolute Gasteiger partial charge is 0.454 e. The second-order valence-electron chi connectivity index (χ2n) is 8.98. The van der Waals surface area contributed by atoms with Crippen molar-refractivity contribution in [1.29, 1.82) is 0 Å². The lowest BCUT2D eigenvalue weighted by molar-refractivity contribution is -0.178. The van der Waals surface area contributed by atoms with Crippen LogP contribution in [-0.4, -0.2) is 29.3 Å². The van der Waals surface area contributed by atoms with Crippen molar-refractivity contribution in [2.75, 3.05) is 0 Å². The lowest BCUT2D eigenvalue weighted by Gasteiger charge is -2.60. The van der Waals surface area contributed by atoms with Gasteiger partial charge in [0.15, 0.2) is 6.10 Å². The molecule has 0 saturated heterocycles. The molecule has 1 aromatic carbocycles. The van der Waals surface area contributed by atoms with Crippen LogP contribution in [0, 0.1) is 17.3 Å². The van der Waals surface area contributed by atoms with E-state index in [2.05, 4.69) is 5.32 Å². The zero-order chi connectivity index (χ0) is 19.2. The molecule has 144 valence electrons. The third-order valence-electron chi connectivity index (χ3n) is 6.65. The number of carbonyl (C=O) groups is 3. The van der Waals surface area contributed by atoms with Crippen LogP contribution in [0.5, 0.6) is 0 Å². The third-order valence-corrected chi connectivity index (χ3v) is 6.65. The molecule has 0 heterocycles. The number of ether oxygens (including phenoxy) is 1. The highest BCUT2D eigenvalue weighted by Gasteiger charge is 2.61. The summed E-state index contributed by atoms with van der Waals surface area (Å²) in [5.41, 5.74) is -0.280. The molecule has 27 heavy (non-hydrogen) atoms. The maximum absolute atomic E-state index is 13.2. The summed E-state index contributed by atoms with van der Waals surface area (Å²) in [6.07, 6.45) is 4.51. The van der Waals surface area contributed by atoms with Gasteiger partial charge in [-0.1, -0.05) is 30.3 Å². The van der Waals surface area contributed by atoms with Crippen LogP contribution in [-0.2, 0) is 14.3 Å². The Bertz CT molecular complexity index is 758. The van der Waals surface area contributed by atoms with Gasteiger partial charge in [-0.05, 0) is 57.3 Å². The Balaban J connectivity index is 1.51. The van der Waals surface area contributed by atoms with E-state index in [1.165, 1.54) is 0 Å². The number of Topliss-reactive ketones (excluding diaryl/α,β-unsaturated/α-hetero) is 1. The van der Waals surface area contributed by atoms with E-state index in [1.54, 1.807) is 38.1 Å². The zero-order valence-electron chi connectivity index (χ0n) is 16.0. The molecule has 3 unspecified atom stereocenters. The van der Waals surface area contributed by atoms with Crippen molar-refractivity contribution >= 4 is 17.7 Å². The number of amides is 1. The Kier molecular flexibility index (Phi) is 4.36. The quantitative estimate of drug-likeness (QED) is 0.639. The number of hydrogen-bond acceptors (Lipinski definition) is 4. The van der Waals surface area contributed by atoms with Crippen LogP contribution < -0.4 is 5.32 Å². The molecule has 5 rings (SSSR count). The van der Waals surface area contributed by atoms with E-state index in [9.17, 15) is 14.4 Å². The molecular formula is C22H27NO4. The first-order valence-corrected chi connectivity index (χ1v) is 9.90. The van der Waals surface area contributed by atoms with Gasteiger partial charge in [0.25, 0.3) is 0 Å². The summed E-state index contributed by atoms with van der Waals surface area (Å²) in [5, 5.41) is 3.16. The second-order valence-corrected chi connectivity index (χ2v) is 8.98. The predicted molar refractivity (Wildman–Crippen MR) is 100.0 cm³/mol. The van der Waals surface area contributed by atoms with Gasteiger partial charge in [0, 0.05) is 18.0 Å². The molecule has 4 aliphatic carbocycles. The molecule has 1 amide bonds. The normalized spacial score (nSPS) is 34.7. The van der Waals surface area contributed by atoms with E-state index in [0.717, 1.165) is 32.1 Å². The fourth-order valence-electron chi connectivity index (χ4n) is 6.20. The van der Waals surface area contributed by atoms with Gasteiger partial charge in [-0.3, -0.25) is 14.4 Å². The van der Waals surface area contributed by atoms with Crippen LogP contribution in [0.25, 0.3) is 0 Å². The van der Waals surface area contributed by atoms with Gasteiger partial charge in [0.2, 0.25) is 11.7 Å². The minimum absolute atomic E-state index is 0.0342. The molecule has 4 fully saturated rings. The van der Waals surface area contributed by atoms with Gasteiger partial charge in [0.1, 0.15) is 0 Å². The first-order valence-electron chi connectivity index (χ1n) is 9.90. The smallest absolute Gasteiger partial charge is 0.312 e. The molecule has 5 heteroatoms. The maximum atomic E-state index is 13.2. The monoisotopic (exact) mass is 369 g/mol. The van der Waals surface area contributed by atoms with Crippen LogP contribution in [0.2, 0.25) is 0 Å². The fraction of sp³-hybridized carbons (Fsp3) is 0.591. The van der Waals surface area contributed by atoms with Crippen molar-refractivity contribution in [3.8, 4) is 0 Å². The van der Waals surface area contributed by atoms with E-state index in [1.807, 2.05) is 6.07 Å². The Morgan fingerprint density at radius 3 is 2.30 bits per heavy atom. The van der Waals surface area contributed by atoms with Crippen LogP contribution in [0.15, 0.2) is 30.3 Å². The summed E-state index contributed by atoms with van der Waals surface area (Å²) in [5.74, 6) is 0.429. The molecule has 1 aromatic rings. The number of rotatable bonds is 5. The average molecular weight is 369 g/mol. The molecule has 1 N–H and O–H groups in total. The van der Waals surface area contributed by atoms with Gasteiger partial charge < -0.3 is 10.1 Å². The molecule has 4 saturated carbocycles. The van der Waals surface area contributed by atoms with Crippen molar-refractivity contribution in [1.82, 2.24) is 5.32 Å². The Labute approximate surface area is 159 Å². The molecule has 3 atom stereocenters. The number of carbonyl (C=O) groups excluding carboxylic acids is 3. The number of esters is 1. The predicted octanol–water partition coefficient (Wildman–Crippen LogP) is 3.28. The summed E-state index contributed by atoms with van der Waals surface area (Å²) in [4.78, 5) is 37.5. The zero-order valence-corrected chi connectivity index (χ0v) is 16.0. The topological polar surface area (TPSA) is 72.5 Å². The maximum Gasteiger partial charge on any atom is 0.312 e. The molecule has 0 aromatic heterocycles. The molecule has 0 spiro atoms. The van der Waals surface area contributed by atoms with Crippen LogP contribution in [0.3, 0.4) is 0 Å². The average Bonchev–Trinajstić information content (AvgIpc) is 2.59. The summed E-state index contributed by atoms with van der Waals surface area (Å²) in [6, 6.07) is 8.94. The van der Waals surface area contributed by atoms with Gasteiger partial charge >= 0.3 is 5.97 Å². The fourth-order valence-corrected chi connectivity index (χ4v) is 6.20. The summed E-state index contributed by atoms with van der Waals surface area (Å²) >= 11 is 0. The van der Waals surface area contributed by atoms with Crippen molar-refractivity contribution in [2.24, 2.45) is 17.3 Å². The van der Waals surface area contributed by atoms with Crippen molar-refractivity contribution in [3.05, 3.63) is 35.9 Å². The van der Waals surface area contributed by atoms with Crippen molar-refractivity contribution in [2.45, 2.75) is 64.0 Å². The molecule has 4 bridgehead atoms. The Morgan fingerprint density at radius 2 is 1.70 bits per heavy atom. The second kappa shape index (κ2) is 6.47. The van der Waals surface area contributed by atoms with Gasteiger partial charge in [-0.2, -0.15) is 0 Å². The highest BCUT2D eigenvalue weighted by molar-refractivity contribution is 6.00. The minimum atomic E-state index is -0.801. The van der Waals surface area contributed by atoms with E-state index in [4.69, 9.17) is 4.74 Å². The first kappa shape index (κ1) is 18.2. The standard InChI is InChI=1S/C22H27NO4/c1-14(19(25)18-6-4-3-5-7-18)27-20(26)21-9-16-8-17(10-21)12-22(11-16,13-21)23-15(2)24/h3-7,14,16-17H,8-13H2,1-2H3,(H,23,24). The summed E-state index contributed by atoms with van der Waals surface area (Å²) in [7, 11) is 0. The van der Waals surface area contributed by atoms with Crippen molar-refractivity contribution in [3.63, 3.8) is 0 Å². The van der Waals surface area contributed by atoms with Gasteiger partial charge in [-0.15, -0.1) is 0 Å². The highest BCUT2D eigenvalue weighted by Crippen LogP contribution is 2.62. The molecule has 4 aliphatic rings. The van der Waals surface area contributed by atoms with E-state index >= 15 is 0 Å². The van der Waals surface area contributed by atoms with Crippen LogP contribution in [0.1, 0.15) is 62.7 Å². The lowest BCUT2D eigenvalue weighted by Crippen LogP contribution is -2.64. The Hall–Kier alpha value is -2.17. The molecule has 5 nitrogen and oxygen atoms in total. The highest BCUT2D eigenvalue weighted by atomic mass is 16.5. The number of nitrogens with one attached hydrogen (secondary N) is 1. The Morgan fingerprint density at radius 1 is 1.07 bits per heavy atom. The summed E-state index contributed by atoms with van der Waals surface area (Å²) < 4.78 is 5.70. The lowest BCUT2D eigenvalue weighted by atomic mass is 9.47. The SMILES string of the molecule is CC(=O)NC12CC3CC(C1)CC(C(=O)OC(C)C(=O)c1ccccc1)(C3)C2. The number of benzene rings is 1. The van der Waals surface area contributed by atoms with Crippen molar-refractivity contribution < 1.29 is 19.1 Å². The first-order chi connectivity index (χ1) is 12.8. The van der Waals surface area contributed by atoms with Crippen LogP contribution >= 0.6 is 0 Å². The van der Waals surface area contributed by atoms with E-state index in [-0.39, 0.29) is 23.2 Å². The summed E-state index contributed by atoms with van der Waals surface area (Å²) in [6.45, 7) is 3.20. The van der Waals surface area contributed by atoms with E-state index in [0.29, 0.717) is 23.8 Å². The molecule has 0 aliphatic heterocycles. The van der Waals surface area contributed by atoms with Gasteiger partial charge in [0.05, 0.1) is 5.41 Å². The van der Waals surface area contributed by atoms with Crippen LogP contribution in [0.4, 0.5) is 0 Å². The molecule has 0 radical (unpaired) electrons. The number of hydrogen-bond donors (Lipinski definition) is 1. The third kappa shape index (κ3) is 3.28. The van der Waals surface area contributed by atoms with E-state index < -0.39 is 11.5 Å². The number of ketones is 1. The molecular weight excluding hydrogens is 342 g/mol.